The van der Waals surface area contributed by atoms with Crippen molar-refractivity contribution in [1.82, 2.24) is 0 Å². The van der Waals surface area contributed by atoms with Crippen molar-refractivity contribution in [3.8, 4) is 45.9 Å². The van der Waals surface area contributed by atoms with E-state index in [9.17, 15) is 36.9 Å². The fourth-order valence-corrected chi connectivity index (χ4v) is 5.44. The second kappa shape index (κ2) is 9.44. The van der Waals surface area contributed by atoms with Gasteiger partial charge in [0.1, 0.15) is 11.5 Å². The summed E-state index contributed by atoms with van der Waals surface area (Å²) in [6.07, 6.45) is -10.1. The number of fused-ring (bicyclic) bond motifs is 6. The molecule has 0 N–H and O–H groups in total. The lowest BCUT2D eigenvalue weighted by Gasteiger charge is -2.15. The van der Waals surface area contributed by atoms with Gasteiger partial charge < -0.3 is 9.47 Å². The van der Waals surface area contributed by atoms with Crippen molar-refractivity contribution in [2.75, 3.05) is 0 Å². The van der Waals surface area contributed by atoms with Crippen LogP contribution in [0.2, 0.25) is 0 Å². The molecular weight excluding hydrogens is 562 g/mol. The van der Waals surface area contributed by atoms with E-state index in [4.69, 9.17) is 13.1 Å². The highest BCUT2D eigenvalue weighted by Crippen LogP contribution is 2.57. The topological polar surface area (TPSA) is 74.8 Å². The van der Waals surface area contributed by atoms with E-state index in [1.165, 1.54) is 32.0 Å². The molecule has 206 valence electrons. The zero-order valence-corrected chi connectivity index (χ0v) is 21.3. The van der Waals surface area contributed by atoms with Crippen molar-refractivity contribution in [1.29, 1.82) is 10.5 Å². The zero-order chi connectivity index (χ0) is 30.7. The van der Waals surface area contributed by atoms with Gasteiger partial charge in [0.2, 0.25) is 0 Å². The molecule has 5 rings (SSSR count). The highest BCUT2D eigenvalue weighted by Gasteiger charge is 2.39. The molecule has 0 spiro atoms. The molecule has 3 aromatic rings. The van der Waals surface area contributed by atoms with Crippen LogP contribution in [0, 0.1) is 49.7 Å². The Balaban J connectivity index is 1.93. The van der Waals surface area contributed by atoms with Gasteiger partial charge in [-0.15, -0.1) is 26.3 Å². The maximum absolute atomic E-state index is 13.5. The van der Waals surface area contributed by atoms with Crippen LogP contribution in [0.15, 0.2) is 47.8 Å². The van der Waals surface area contributed by atoms with E-state index >= 15 is 0 Å². The smallest absolute Gasteiger partial charge is 0.406 e. The number of hydrogen-bond acceptors (Lipinski definition) is 4. The predicted molar refractivity (Wildman–Crippen MR) is 137 cm³/mol. The monoisotopic (exact) mass is 574 g/mol. The number of aryl methyl sites for hydroxylation is 2. The summed E-state index contributed by atoms with van der Waals surface area (Å²) in [5, 5.41) is 19.5. The number of nitriles is 2. The Bertz CT molecular complexity index is 1940. The minimum atomic E-state index is -5.08. The lowest BCUT2D eigenvalue weighted by molar-refractivity contribution is -0.275. The fourth-order valence-electron chi connectivity index (χ4n) is 5.44. The molecule has 0 atom stereocenters. The van der Waals surface area contributed by atoms with E-state index in [0.29, 0.717) is 16.7 Å². The van der Waals surface area contributed by atoms with E-state index < -0.39 is 35.6 Å². The van der Waals surface area contributed by atoms with Gasteiger partial charge in [0.25, 0.3) is 11.4 Å². The SMILES string of the molecule is [C-]#[N+]/C(C#N)=C1/c2cc3c(cc2-c2c(OC(F)(F)F)cc(C)cc21)-c1c(C)cc(OC(F)(F)F)cc1/C3=C(\C#N)[N+]#[C-]. The fraction of sp³-hybridized carbons (Fsp3) is 0.133. The maximum atomic E-state index is 13.5. The summed E-state index contributed by atoms with van der Waals surface area (Å²) in [6, 6.07) is 11.2. The minimum Gasteiger partial charge on any atom is -0.406 e. The third-order valence-electron chi connectivity index (χ3n) is 6.70. The van der Waals surface area contributed by atoms with Gasteiger partial charge in [-0.05, 0) is 94.3 Å². The van der Waals surface area contributed by atoms with Crippen LogP contribution < -0.4 is 9.47 Å². The summed E-state index contributed by atoms with van der Waals surface area (Å²) in [7, 11) is 0. The molecule has 2 aliphatic carbocycles. The molecule has 42 heavy (non-hydrogen) atoms. The number of allylic oxidation sites excluding steroid dienone is 2. The molecule has 0 radical (unpaired) electrons. The Hall–Kier alpha value is -5.72. The van der Waals surface area contributed by atoms with Crippen molar-refractivity contribution >= 4 is 11.1 Å². The first-order valence-electron chi connectivity index (χ1n) is 11.8. The molecule has 0 unspecified atom stereocenters. The molecule has 0 aliphatic heterocycles. The van der Waals surface area contributed by atoms with Crippen molar-refractivity contribution in [3.63, 3.8) is 0 Å². The molecule has 6 nitrogen and oxygen atoms in total. The Morgan fingerprint density at radius 2 is 1.17 bits per heavy atom. The number of hydrogen-bond donors (Lipinski definition) is 0. The number of benzene rings is 3. The lowest BCUT2D eigenvalue weighted by atomic mass is 9.94. The van der Waals surface area contributed by atoms with Gasteiger partial charge in [0.15, 0.2) is 0 Å². The molecule has 3 aromatic carbocycles. The second-order valence-electron chi connectivity index (χ2n) is 9.28. The summed E-state index contributed by atoms with van der Waals surface area (Å²) in [5.74, 6) is -1.17. The Labute approximate surface area is 234 Å². The highest BCUT2D eigenvalue weighted by molar-refractivity contribution is 6.12. The third kappa shape index (κ3) is 4.46. The van der Waals surface area contributed by atoms with Gasteiger partial charge in [-0.2, -0.15) is 0 Å². The number of ether oxygens (including phenoxy) is 2. The molecule has 0 fully saturated rings. The van der Waals surface area contributed by atoms with Crippen molar-refractivity contribution in [2.45, 2.75) is 26.6 Å². The molecule has 0 saturated carbocycles. The van der Waals surface area contributed by atoms with Gasteiger partial charge in [-0.3, -0.25) is 0 Å². The van der Waals surface area contributed by atoms with Crippen LogP contribution in [0.1, 0.15) is 33.4 Å². The number of nitrogens with zero attached hydrogens (tertiary/aromatic N) is 4. The lowest BCUT2D eigenvalue weighted by Crippen LogP contribution is -2.17. The van der Waals surface area contributed by atoms with E-state index in [2.05, 4.69) is 19.2 Å². The zero-order valence-electron chi connectivity index (χ0n) is 21.3. The summed E-state index contributed by atoms with van der Waals surface area (Å²) < 4.78 is 88.0. The average molecular weight is 574 g/mol. The summed E-state index contributed by atoms with van der Waals surface area (Å²) in [4.78, 5) is 6.52. The summed E-state index contributed by atoms with van der Waals surface area (Å²) >= 11 is 0. The summed E-state index contributed by atoms with van der Waals surface area (Å²) in [6.45, 7) is 18.1. The van der Waals surface area contributed by atoms with Crippen LogP contribution in [0.4, 0.5) is 26.3 Å². The molecule has 12 heteroatoms. The van der Waals surface area contributed by atoms with Crippen LogP contribution in [0.3, 0.4) is 0 Å². The van der Waals surface area contributed by atoms with Crippen LogP contribution in [-0.4, -0.2) is 12.7 Å². The second-order valence-corrected chi connectivity index (χ2v) is 9.28. The van der Waals surface area contributed by atoms with E-state index in [-0.39, 0.29) is 50.1 Å². The van der Waals surface area contributed by atoms with Gasteiger partial charge in [0.05, 0.1) is 25.3 Å². The number of alkyl halides is 6. The Morgan fingerprint density at radius 1 is 0.667 bits per heavy atom. The van der Waals surface area contributed by atoms with Gasteiger partial charge in [0, 0.05) is 16.7 Å². The van der Waals surface area contributed by atoms with Gasteiger partial charge in [-0.1, -0.05) is 6.07 Å². The highest BCUT2D eigenvalue weighted by atomic mass is 19.4. The van der Waals surface area contributed by atoms with Crippen molar-refractivity contribution in [2.24, 2.45) is 0 Å². The van der Waals surface area contributed by atoms with Crippen LogP contribution in [-0.2, 0) is 0 Å². The largest absolute Gasteiger partial charge is 0.573 e. The molecule has 0 amide bonds. The molecular formula is C30H12F6N4O2. The van der Waals surface area contributed by atoms with E-state index in [1.54, 1.807) is 12.1 Å². The molecule has 2 aliphatic rings. The van der Waals surface area contributed by atoms with Gasteiger partial charge >= 0.3 is 12.7 Å². The van der Waals surface area contributed by atoms with E-state index in [0.717, 1.165) is 18.2 Å². The number of rotatable bonds is 2. The normalized spacial score (nSPS) is 15.1. The van der Waals surface area contributed by atoms with Crippen LogP contribution >= 0.6 is 0 Å². The van der Waals surface area contributed by atoms with Crippen LogP contribution in [0.25, 0.3) is 43.1 Å². The predicted octanol–water partition coefficient (Wildman–Crippen LogP) is 8.47. The first-order valence-corrected chi connectivity index (χ1v) is 11.8. The molecule has 0 heterocycles. The average Bonchev–Trinajstić information content (AvgIpc) is 3.35. The van der Waals surface area contributed by atoms with Crippen LogP contribution in [0.5, 0.6) is 11.5 Å². The summed E-state index contributed by atoms with van der Waals surface area (Å²) in [5.41, 5.74) is 1.11. The van der Waals surface area contributed by atoms with E-state index in [1.807, 2.05) is 0 Å². The van der Waals surface area contributed by atoms with Crippen molar-refractivity contribution < 1.29 is 35.8 Å². The van der Waals surface area contributed by atoms with Crippen molar-refractivity contribution in [3.05, 3.63) is 104 Å². The standard InChI is InChI=1S/C30H12F6N4O2/c1-13-5-20-26(22(11-37)39-3)18-10-17-16(9-19(18)28(20)24(6-13)42-30(34,35)36)25-14(2)7-15(41-29(31,32)33)8-21(25)27(17)23(12-38)40-4/h5-10H,1-2H3/b26-22-,27-23+. The maximum Gasteiger partial charge on any atom is 0.573 e. The molecule has 0 aromatic heterocycles. The Morgan fingerprint density at radius 3 is 1.67 bits per heavy atom. The quantitative estimate of drug-likeness (QED) is 0.120. The first-order chi connectivity index (χ1) is 19.7. The molecule has 0 bridgehead atoms. The van der Waals surface area contributed by atoms with Gasteiger partial charge in [-0.25, -0.2) is 20.2 Å². The Kier molecular flexibility index (Phi) is 6.25. The number of halogens is 6. The first kappa shape index (κ1) is 27.8. The molecule has 0 saturated heterocycles. The third-order valence-corrected chi connectivity index (χ3v) is 6.70. The minimum absolute atomic E-state index is 0.0180.